The van der Waals surface area contributed by atoms with Crippen molar-refractivity contribution >= 4 is 11.8 Å². The summed E-state index contributed by atoms with van der Waals surface area (Å²) in [4.78, 5) is 8.90. The van der Waals surface area contributed by atoms with Crippen LogP contribution in [0.25, 0.3) is 11.1 Å². The molecule has 1 aliphatic rings. The van der Waals surface area contributed by atoms with Crippen LogP contribution in [-0.2, 0) is 6.54 Å². The fourth-order valence-corrected chi connectivity index (χ4v) is 3.70. The molecule has 3 heterocycles. The van der Waals surface area contributed by atoms with Gasteiger partial charge in [0.15, 0.2) is 5.82 Å². The van der Waals surface area contributed by atoms with Gasteiger partial charge >= 0.3 is 0 Å². The molecular weight excluding hydrogens is 402 g/mol. The molecule has 0 saturated carbocycles. The van der Waals surface area contributed by atoms with Crippen LogP contribution in [0.4, 0.5) is 5.82 Å². The number of nitrogens with one attached hydrogen (secondary N) is 2. The summed E-state index contributed by atoms with van der Waals surface area (Å²) in [6, 6.07) is 12.4. The molecule has 2 aromatic heterocycles. The number of hydrogen-bond acceptors (Lipinski definition) is 7. The minimum Gasteiger partial charge on any atom is -0.395 e. The minimum atomic E-state index is -0.0265. The summed E-state index contributed by atoms with van der Waals surface area (Å²) < 4.78 is 1.85. The molecule has 0 fully saturated rings. The van der Waals surface area contributed by atoms with E-state index in [2.05, 4.69) is 65.0 Å². The average Bonchev–Trinajstić information content (AvgIpc) is 3.29. The van der Waals surface area contributed by atoms with Crippen molar-refractivity contribution in [3.05, 3.63) is 66.1 Å². The smallest absolute Gasteiger partial charge is 0.223 e. The van der Waals surface area contributed by atoms with Gasteiger partial charge in [-0.05, 0) is 35.1 Å². The second-order valence-electron chi connectivity index (χ2n) is 8.25. The Hall–Kier alpha value is -3.23. The molecule has 0 aliphatic carbocycles. The van der Waals surface area contributed by atoms with Crippen LogP contribution in [0.15, 0.2) is 60.0 Å². The molecule has 8 heteroatoms. The molecule has 0 saturated heterocycles. The summed E-state index contributed by atoms with van der Waals surface area (Å²) in [6.45, 7) is 7.52. The van der Waals surface area contributed by atoms with Gasteiger partial charge in [-0.3, -0.25) is 9.99 Å². The molecule has 1 unspecified atom stereocenters. The van der Waals surface area contributed by atoms with E-state index in [0.717, 1.165) is 40.5 Å². The van der Waals surface area contributed by atoms with Gasteiger partial charge < -0.3 is 10.4 Å². The number of benzene rings is 1. The largest absolute Gasteiger partial charge is 0.395 e. The number of anilines is 1. The number of nitrogens with zero attached hydrogens (tertiary/aromatic N) is 5. The quantitative estimate of drug-likeness (QED) is 0.506. The van der Waals surface area contributed by atoms with Gasteiger partial charge in [0, 0.05) is 30.5 Å². The SMILES string of the molecule is CCC(CO)NN1CN=C(NCc2ccc(-c3cccnc3)cc2)n2ncc(C(C)C)c21. The Balaban J connectivity index is 1.49. The van der Waals surface area contributed by atoms with Crippen LogP contribution in [0.1, 0.15) is 44.2 Å². The molecule has 0 bridgehead atoms. The third kappa shape index (κ3) is 4.66. The first-order valence-corrected chi connectivity index (χ1v) is 11.1. The molecule has 3 aromatic rings. The molecular formula is C24H31N7O. The number of aliphatic imine (C=N–C) groups is 1. The fraction of sp³-hybridized carbons (Fsp3) is 0.375. The zero-order chi connectivity index (χ0) is 22.5. The maximum atomic E-state index is 9.63. The Morgan fingerprint density at radius 2 is 1.91 bits per heavy atom. The molecule has 4 rings (SSSR count). The van der Waals surface area contributed by atoms with E-state index in [1.54, 1.807) is 6.20 Å². The zero-order valence-corrected chi connectivity index (χ0v) is 18.9. The number of aliphatic hydroxyl groups is 1. The maximum Gasteiger partial charge on any atom is 0.223 e. The number of rotatable bonds is 8. The molecule has 1 aromatic carbocycles. The lowest BCUT2D eigenvalue weighted by molar-refractivity contribution is 0.235. The second kappa shape index (κ2) is 9.93. The van der Waals surface area contributed by atoms with Crippen molar-refractivity contribution in [2.24, 2.45) is 4.99 Å². The Morgan fingerprint density at radius 1 is 1.09 bits per heavy atom. The first-order chi connectivity index (χ1) is 15.6. The number of aromatic nitrogens is 3. The van der Waals surface area contributed by atoms with Gasteiger partial charge in [-0.2, -0.15) is 9.78 Å². The molecule has 1 atom stereocenters. The van der Waals surface area contributed by atoms with E-state index >= 15 is 0 Å². The summed E-state index contributed by atoms with van der Waals surface area (Å²) >= 11 is 0. The molecule has 168 valence electrons. The van der Waals surface area contributed by atoms with E-state index in [1.165, 1.54) is 0 Å². The van der Waals surface area contributed by atoms with Gasteiger partial charge in [-0.15, -0.1) is 0 Å². The predicted octanol–water partition coefficient (Wildman–Crippen LogP) is 3.12. The monoisotopic (exact) mass is 433 g/mol. The lowest BCUT2D eigenvalue weighted by Crippen LogP contribution is -2.51. The fourth-order valence-electron chi connectivity index (χ4n) is 3.70. The van der Waals surface area contributed by atoms with Crippen molar-refractivity contribution in [2.45, 2.75) is 45.7 Å². The summed E-state index contributed by atoms with van der Waals surface area (Å²) in [6.07, 6.45) is 6.38. The van der Waals surface area contributed by atoms with E-state index in [4.69, 9.17) is 4.99 Å². The van der Waals surface area contributed by atoms with Crippen molar-refractivity contribution in [1.82, 2.24) is 25.5 Å². The van der Waals surface area contributed by atoms with Crippen LogP contribution in [-0.4, -0.2) is 45.1 Å². The Kier molecular flexibility index (Phi) is 6.82. The number of pyridine rings is 1. The average molecular weight is 434 g/mol. The van der Waals surface area contributed by atoms with Crippen LogP contribution in [0.3, 0.4) is 0 Å². The molecule has 8 nitrogen and oxygen atoms in total. The van der Waals surface area contributed by atoms with Gasteiger partial charge in [-0.25, -0.2) is 10.4 Å². The van der Waals surface area contributed by atoms with Crippen molar-refractivity contribution in [1.29, 1.82) is 0 Å². The summed E-state index contributed by atoms with van der Waals surface area (Å²) in [5.41, 5.74) is 7.93. The summed E-state index contributed by atoms with van der Waals surface area (Å²) in [5.74, 6) is 2.01. The highest BCUT2D eigenvalue weighted by atomic mass is 16.3. The Morgan fingerprint density at radius 3 is 2.56 bits per heavy atom. The molecule has 1 aliphatic heterocycles. The highest BCUT2D eigenvalue weighted by Crippen LogP contribution is 2.28. The van der Waals surface area contributed by atoms with Crippen LogP contribution in [0.2, 0.25) is 0 Å². The standard InChI is InChI=1S/C24H31N7O/c1-4-21(15-32)29-30-16-27-24(31-23(30)22(14-28-31)17(2)3)26-12-18-7-9-19(10-8-18)20-6-5-11-25-13-20/h5-11,13-14,17,21,29,32H,4,12,15-16H2,1-3H3,(H,26,27). The van der Waals surface area contributed by atoms with E-state index in [0.29, 0.717) is 19.1 Å². The predicted molar refractivity (Wildman–Crippen MR) is 127 cm³/mol. The molecule has 3 N–H and O–H groups in total. The summed E-state index contributed by atoms with van der Waals surface area (Å²) in [5, 5.41) is 19.7. The third-order valence-corrected chi connectivity index (χ3v) is 5.66. The third-order valence-electron chi connectivity index (χ3n) is 5.66. The number of hydrazine groups is 1. The lowest BCUT2D eigenvalue weighted by Gasteiger charge is -2.33. The van der Waals surface area contributed by atoms with Gasteiger partial charge in [0.2, 0.25) is 5.96 Å². The summed E-state index contributed by atoms with van der Waals surface area (Å²) in [7, 11) is 0. The van der Waals surface area contributed by atoms with Crippen LogP contribution in [0.5, 0.6) is 0 Å². The lowest BCUT2D eigenvalue weighted by atomic mass is 10.1. The normalized spacial score (nSPS) is 14.3. The van der Waals surface area contributed by atoms with Gasteiger partial charge in [0.25, 0.3) is 0 Å². The Labute approximate surface area is 189 Å². The van der Waals surface area contributed by atoms with Crippen molar-refractivity contribution in [3.63, 3.8) is 0 Å². The van der Waals surface area contributed by atoms with Gasteiger partial charge in [0.05, 0.1) is 12.8 Å². The van der Waals surface area contributed by atoms with E-state index in [-0.39, 0.29) is 12.6 Å². The number of aliphatic hydroxyl groups excluding tert-OH is 1. The first-order valence-electron chi connectivity index (χ1n) is 11.1. The highest BCUT2D eigenvalue weighted by molar-refractivity contribution is 5.86. The van der Waals surface area contributed by atoms with Crippen molar-refractivity contribution in [2.75, 3.05) is 18.3 Å². The zero-order valence-electron chi connectivity index (χ0n) is 18.9. The van der Waals surface area contributed by atoms with E-state index in [9.17, 15) is 5.11 Å². The Bertz CT molecular complexity index is 1040. The van der Waals surface area contributed by atoms with Gasteiger partial charge in [-0.1, -0.05) is 51.1 Å². The van der Waals surface area contributed by atoms with Crippen LogP contribution < -0.4 is 15.8 Å². The highest BCUT2D eigenvalue weighted by Gasteiger charge is 2.27. The van der Waals surface area contributed by atoms with Crippen LogP contribution in [0, 0.1) is 0 Å². The first kappa shape index (κ1) is 22.0. The minimum absolute atomic E-state index is 0.0265. The topological polar surface area (TPSA) is 90.6 Å². The maximum absolute atomic E-state index is 9.63. The van der Waals surface area contributed by atoms with Crippen molar-refractivity contribution in [3.8, 4) is 11.1 Å². The van der Waals surface area contributed by atoms with Crippen LogP contribution >= 0.6 is 0 Å². The van der Waals surface area contributed by atoms with E-state index < -0.39 is 0 Å². The molecule has 0 amide bonds. The molecule has 32 heavy (non-hydrogen) atoms. The molecule has 0 radical (unpaired) electrons. The number of hydrogen-bond donors (Lipinski definition) is 3. The second-order valence-corrected chi connectivity index (χ2v) is 8.25. The van der Waals surface area contributed by atoms with Crippen molar-refractivity contribution < 1.29 is 5.11 Å². The molecule has 0 spiro atoms. The van der Waals surface area contributed by atoms with E-state index in [1.807, 2.05) is 35.1 Å². The number of fused-ring (bicyclic) bond motifs is 1. The van der Waals surface area contributed by atoms with Gasteiger partial charge in [0.1, 0.15) is 6.67 Å².